The average Bonchev–Trinajstić information content (AvgIpc) is 3.30. The summed E-state index contributed by atoms with van der Waals surface area (Å²) in [6.07, 6.45) is 0.882. The molecule has 0 spiro atoms. The molecule has 12 heteroatoms. The van der Waals surface area contributed by atoms with Gasteiger partial charge >= 0.3 is 15.6 Å². The van der Waals surface area contributed by atoms with Crippen LogP contribution in [0.5, 0.6) is 5.75 Å². The molecule has 0 amide bonds. The average molecular weight is 489 g/mol. The van der Waals surface area contributed by atoms with Crippen molar-refractivity contribution in [3.63, 3.8) is 0 Å². The number of alkyl halides is 3. The summed E-state index contributed by atoms with van der Waals surface area (Å²) in [6, 6.07) is 5.03. The van der Waals surface area contributed by atoms with Crippen LogP contribution >= 0.6 is 11.3 Å². The van der Waals surface area contributed by atoms with Gasteiger partial charge in [0.1, 0.15) is 16.5 Å². The number of halogens is 3. The third-order valence-electron chi connectivity index (χ3n) is 4.61. The maximum atomic E-state index is 12.7. The fourth-order valence-corrected chi connectivity index (χ4v) is 4.59. The number of hydrogen-bond acceptors (Lipinski definition) is 7. The molecule has 0 radical (unpaired) electrons. The van der Waals surface area contributed by atoms with Crippen LogP contribution in [0.4, 0.5) is 13.2 Å². The summed E-state index contributed by atoms with van der Waals surface area (Å²) in [5.41, 5.74) is -2.63. The molecule has 0 saturated carbocycles. The van der Waals surface area contributed by atoms with Crippen molar-refractivity contribution in [3.05, 3.63) is 35.0 Å². The molecule has 0 N–H and O–H groups in total. The first-order chi connectivity index (χ1) is 14.8. The fourth-order valence-electron chi connectivity index (χ4n) is 3.22. The Morgan fingerprint density at radius 2 is 1.69 bits per heavy atom. The minimum Gasteiger partial charge on any atom is -0.375 e. The molecule has 3 aromatic rings. The van der Waals surface area contributed by atoms with E-state index in [0.29, 0.717) is 27.2 Å². The predicted molar refractivity (Wildman–Crippen MR) is 116 cm³/mol. The maximum absolute atomic E-state index is 12.7. The zero-order valence-electron chi connectivity index (χ0n) is 18.2. The molecule has 174 valence electrons. The minimum absolute atomic E-state index is 0.235. The van der Waals surface area contributed by atoms with Crippen molar-refractivity contribution in [2.45, 2.75) is 53.1 Å². The molecule has 0 bridgehead atoms. The molecule has 2 aromatic heterocycles. The van der Waals surface area contributed by atoms with Gasteiger partial charge in [0.15, 0.2) is 5.01 Å². The highest BCUT2D eigenvalue weighted by molar-refractivity contribution is 7.88. The summed E-state index contributed by atoms with van der Waals surface area (Å²) in [5, 5.41) is 14.2. The second kappa shape index (κ2) is 8.81. The van der Waals surface area contributed by atoms with Gasteiger partial charge in [-0.2, -0.15) is 26.7 Å². The van der Waals surface area contributed by atoms with Crippen LogP contribution in [0.25, 0.3) is 21.3 Å². The topological polar surface area (TPSA) is 87.0 Å². The van der Waals surface area contributed by atoms with Crippen molar-refractivity contribution in [1.29, 1.82) is 0 Å². The zero-order chi connectivity index (χ0) is 23.8. The molecule has 2 heterocycles. The lowest BCUT2D eigenvalue weighted by molar-refractivity contribution is -0.0500. The third kappa shape index (κ3) is 4.96. The van der Waals surface area contributed by atoms with E-state index in [4.69, 9.17) is 0 Å². The predicted octanol–water partition coefficient (Wildman–Crippen LogP) is 5.13. The number of benzene rings is 1. The van der Waals surface area contributed by atoms with Crippen LogP contribution in [-0.4, -0.2) is 33.9 Å². The van der Waals surface area contributed by atoms with Gasteiger partial charge in [0.25, 0.3) is 0 Å². The Balaban J connectivity index is 1.92. The normalized spacial score (nSPS) is 12.5. The van der Waals surface area contributed by atoms with Crippen LogP contribution in [0.15, 0.2) is 18.2 Å². The molecule has 0 saturated heterocycles. The third-order valence-corrected chi connectivity index (χ3v) is 6.56. The van der Waals surface area contributed by atoms with Gasteiger partial charge in [-0.3, -0.25) is 4.68 Å². The van der Waals surface area contributed by atoms with Crippen molar-refractivity contribution in [2.75, 3.05) is 0 Å². The van der Waals surface area contributed by atoms with Crippen molar-refractivity contribution in [2.24, 2.45) is 5.92 Å². The van der Waals surface area contributed by atoms with Crippen LogP contribution in [0, 0.1) is 19.8 Å². The van der Waals surface area contributed by atoms with Crippen LogP contribution in [0.1, 0.15) is 37.6 Å². The number of nitrogens with zero attached hydrogens (tertiary/aromatic N) is 4. The SMILES string of the molecule is CCn1nc(-c2nnc(-c3cc(C)c(OS(=O)(=O)C(F)(F)F)c(C)c3)s2)cc1CC(C)C. The van der Waals surface area contributed by atoms with Crippen molar-refractivity contribution >= 4 is 21.5 Å². The molecule has 1 aromatic carbocycles. The van der Waals surface area contributed by atoms with Gasteiger partial charge in [-0.05, 0) is 62.4 Å². The molecule has 0 unspecified atom stereocenters. The van der Waals surface area contributed by atoms with E-state index < -0.39 is 15.6 Å². The molecular formula is C20H23F3N4O3S2. The van der Waals surface area contributed by atoms with Crippen LogP contribution in [-0.2, 0) is 23.1 Å². The van der Waals surface area contributed by atoms with Gasteiger partial charge < -0.3 is 4.18 Å². The molecule has 0 fully saturated rings. The number of aryl methyl sites for hydroxylation is 3. The summed E-state index contributed by atoms with van der Waals surface area (Å²) >= 11 is 1.29. The number of hydrogen-bond donors (Lipinski definition) is 0. The lowest BCUT2D eigenvalue weighted by Crippen LogP contribution is -2.28. The van der Waals surface area contributed by atoms with Crippen molar-refractivity contribution < 1.29 is 25.8 Å². The van der Waals surface area contributed by atoms with Gasteiger partial charge in [0.05, 0.1) is 0 Å². The van der Waals surface area contributed by atoms with E-state index >= 15 is 0 Å². The molecule has 7 nitrogen and oxygen atoms in total. The molecule has 0 aliphatic carbocycles. The fraction of sp³-hybridized carbons (Fsp3) is 0.450. The van der Waals surface area contributed by atoms with E-state index in [-0.39, 0.29) is 16.9 Å². The second-order valence-electron chi connectivity index (χ2n) is 7.77. The van der Waals surface area contributed by atoms with E-state index in [2.05, 4.69) is 33.3 Å². The molecule has 0 aliphatic rings. The van der Waals surface area contributed by atoms with E-state index in [1.165, 1.54) is 37.3 Å². The summed E-state index contributed by atoms with van der Waals surface area (Å²) in [4.78, 5) is 0. The summed E-state index contributed by atoms with van der Waals surface area (Å²) in [5.74, 6) is 0.124. The molecular weight excluding hydrogens is 465 g/mol. The van der Waals surface area contributed by atoms with Gasteiger partial charge in [0, 0.05) is 17.8 Å². The van der Waals surface area contributed by atoms with Crippen molar-refractivity contribution in [1.82, 2.24) is 20.0 Å². The van der Waals surface area contributed by atoms with E-state index in [9.17, 15) is 21.6 Å². The first kappa shape index (κ1) is 24.2. The molecule has 32 heavy (non-hydrogen) atoms. The Morgan fingerprint density at radius 3 is 2.22 bits per heavy atom. The highest BCUT2D eigenvalue weighted by Crippen LogP contribution is 2.36. The van der Waals surface area contributed by atoms with E-state index in [1.807, 2.05) is 17.7 Å². The van der Waals surface area contributed by atoms with Crippen molar-refractivity contribution in [3.8, 4) is 27.0 Å². The van der Waals surface area contributed by atoms with Crippen LogP contribution in [0.3, 0.4) is 0 Å². The number of aromatic nitrogens is 4. The van der Waals surface area contributed by atoms with Crippen LogP contribution in [0.2, 0.25) is 0 Å². The Morgan fingerprint density at radius 1 is 1.09 bits per heavy atom. The summed E-state index contributed by atoms with van der Waals surface area (Å²) in [7, 11) is -5.75. The lowest BCUT2D eigenvalue weighted by Gasteiger charge is -2.14. The molecule has 0 aliphatic heterocycles. The summed E-state index contributed by atoms with van der Waals surface area (Å²) in [6.45, 7) is 9.96. The van der Waals surface area contributed by atoms with Crippen LogP contribution < -0.4 is 4.18 Å². The van der Waals surface area contributed by atoms with Gasteiger partial charge in [-0.15, -0.1) is 10.2 Å². The molecule has 3 rings (SSSR count). The Bertz CT molecular complexity index is 1210. The smallest absolute Gasteiger partial charge is 0.375 e. The Labute approximate surface area is 188 Å². The minimum atomic E-state index is -5.75. The Kier molecular flexibility index (Phi) is 6.66. The first-order valence-corrected chi connectivity index (χ1v) is 12.1. The lowest BCUT2D eigenvalue weighted by atomic mass is 10.1. The standard InChI is InChI=1S/C20H23F3N4O3S2/c1-6-27-15(7-11(2)3)10-16(26-27)19-25-24-18(31-19)14-8-12(4)17(13(5)9-14)30-32(28,29)20(21,22)23/h8-11H,6-7H2,1-5H3. The summed E-state index contributed by atoms with van der Waals surface area (Å²) < 4.78 is 67.1. The zero-order valence-corrected chi connectivity index (χ0v) is 19.8. The Hall–Kier alpha value is -2.47. The van der Waals surface area contributed by atoms with Gasteiger partial charge in [-0.25, -0.2) is 0 Å². The maximum Gasteiger partial charge on any atom is 0.534 e. The van der Waals surface area contributed by atoms with Gasteiger partial charge in [-0.1, -0.05) is 25.2 Å². The quantitative estimate of drug-likeness (QED) is 0.338. The number of rotatable bonds is 7. The molecule has 0 atom stereocenters. The largest absolute Gasteiger partial charge is 0.534 e. The van der Waals surface area contributed by atoms with E-state index in [0.717, 1.165) is 18.7 Å². The highest BCUT2D eigenvalue weighted by atomic mass is 32.2. The second-order valence-corrected chi connectivity index (χ2v) is 10.3. The van der Waals surface area contributed by atoms with E-state index in [1.54, 1.807) is 0 Å². The van der Waals surface area contributed by atoms with Gasteiger partial charge in [0.2, 0.25) is 0 Å². The first-order valence-electron chi connectivity index (χ1n) is 9.85. The highest BCUT2D eigenvalue weighted by Gasteiger charge is 2.48. The monoisotopic (exact) mass is 488 g/mol.